The second-order valence-electron chi connectivity index (χ2n) is 3.93. The Morgan fingerprint density at radius 2 is 1.62 bits per heavy atom. The summed E-state index contributed by atoms with van der Waals surface area (Å²) in [6.07, 6.45) is 2.30. The van der Waals surface area contributed by atoms with Crippen molar-refractivity contribution in [1.29, 1.82) is 0 Å². The molecule has 0 radical (unpaired) electrons. The Hall–Kier alpha value is -1.32. The maximum absolute atomic E-state index is 10.4. The highest BCUT2D eigenvalue weighted by atomic mass is 16.1. The van der Waals surface area contributed by atoms with Crippen LogP contribution in [-0.4, -0.2) is 24.1 Å². The van der Waals surface area contributed by atoms with E-state index in [1.54, 1.807) is 13.8 Å². The summed E-state index contributed by atoms with van der Waals surface area (Å²) in [6, 6.07) is 0. The molecule has 2 atom stereocenters. The molecule has 4 nitrogen and oxygen atoms in total. The van der Waals surface area contributed by atoms with Crippen molar-refractivity contribution in [3.63, 3.8) is 0 Å². The van der Waals surface area contributed by atoms with Gasteiger partial charge in [0.25, 0.3) is 0 Å². The van der Waals surface area contributed by atoms with Crippen molar-refractivity contribution in [1.82, 2.24) is 0 Å². The summed E-state index contributed by atoms with van der Waals surface area (Å²) in [7, 11) is 0. The highest BCUT2D eigenvalue weighted by molar-refractivity contribution is 5.80. The number of rotatable bonds is 6. The molecule has 4 heteroatoms. The molecule has 0 spiro atoms. The second kappa shape index (κ2) is 10.2. The standard InChI is InChI=1S/2C6H10O2/c1-5(4-7)3-6(2)8;1-5(3-4-7)6(2)8/h2*4-5H,3H2,1-2H3. The van der Waals surface area contributed by atoms with Gasteiger partial charge in [-0.15, -0.1) is 0 Å². The van der Waals surface area contributed by atoms with E-state index in [4.69, 9.17) is 0 Å². The molecule has 0 aliphatic heterocycles. The third-order valence-electron chi connectivity index (χ3n) is 1.99. The van der Waals surface area contributed by atoms with Gasteiger partial charge in [-0.1, -0.05) is 13.8 Å². The fraction of sp³-hybridized carbons (Fsp3) is 0.667. The van der Waals surface area contributed by atoms with Gasteiger partial charge in [-0.3, -0.25) is 4.79 Å². The number of hydrogen-bond acceptors (Lipinski definition) is 4. The summed E-state index contributed by atoms with van der Waals surface area (Å²) in [5.41, 5.74) is 0. The summed E-state index contributed by atoms with van der Waals surface area (Å²) in [4.78, 5) is 40.3. The van der Waals surface area contributed by atoms with Gasteiger partial charge in [0.15, 0.2) is 0 Å². The minimum atomic E-state index is -0.104. The normalized spacial score (nSPS) is 12.8. The van der Waals surface area contributed by atoms with Gasteiger partial charge in [0, 0.05) is 24.7 Å². The minimum Gasteiger partial charge on any atom is -0.303 e. The summed E-state index contributed by atoms with van der Waals surface area (Å²) < 4.78 is 0. The summed E-state index contributed by atoms with van der Waals surface area (Å²) in [5.74, 6) is -0.0401. The summed E-state index contributed by atoms with van der Waals surface area (Å²) >= 11 is 0. The molecule has 0 aromatic heterocycles. The molecule has 0 heterocycles. The van der Waals surface area contributed by atoms with Crippen LogP contribution in [0.5, 0.6) is 0 Å². The van der Waals surface area contributed by atoms with E-state index < -0.39 is 0 Å². The number of carbonyl (C=O) groups excluding carboxylic acids is 4. The number of hydrogen-bond donors (Lipinski definition) is 0. The molecule has 16 heavy (non-hydrogen) atoms. The Kier molecular flexibility index (Phi) is 10.9. The molecule has 0 aromatic carbocycles. The average Bonchev–Trinajstić information content (AvgIpc) is 2.18. The van der Waals surface area contributed by atoms with Gasteiger partial charge in [-0.05, 0) is 13.8 Å². The van der Waals surface area contributed by atoms with Crippen molar-refractivity contribution in [2.75, 3.05) is 0 Å². The number of aldehydes is 2. The third-order valence-corrected chi connectivity index (χ3v) is 1.99. The minimum absolute atomic E-state index is 0.0737. The fourth-order valence-electron chi connectivity index (χ4n) is 0.812. The van der Waals surface area contributed by atoms with E-state index in [0.717, 1.165) is 12.6 Å². The molecule has 0 rings (SSSR count). The Balaban J connectivity index is 0. The van der Waals surface area contributed by atoms with Crippen LogP contribution < -0.4 is 0 Å². The van der Waals surface area contributed by atoms with Crippen LogP contribution in [0, 0.1) is 11.8 Å². The predicted molar refractivity (Wildman–Crippen MR) is 61.1 cm³/mol. The molecular formula is C12H20O4. The van der Waals surface area contributed by atoms with Crippen LogP contribution >= 0.6 is 0 Å². The third kappa shape index (κ3) is 12.7. The van der Waals surface area contributed by atoms with Gasteiger partial charge in [0.1, 0.15) is 24.1 Å². The van der Waals surface area contributed by atoms with Crippen LogP contribution in [0.4, 0.5) is 0 Å². The predicted octanol–water partition coefficient (Wildman–Crippen LogP) is 1.60. The molecule has 2 unspecified atom stereocenters. The van der Waals surface area contributed by atoms with Crippen LogP contribution in [0.15, 0.2) is 0 Å². The van der Waals surface area contributed by atoms with Crippen LogP contribution in [0.3, 0.4) is 0 Å². The van der Waals surface area contributed by atoms with E-state index in [-0.39, 0.29) is 23.4 Å². The Morgan fingerprint density at radius 1 is 1.12 bits per heavy atom. The SMILES string of the molecule is CC(=O)C(C)CC=O.CC(=O)CC(C)C=O. The van der Waals surface area contributed by atoms with Gasteiger partial charge in [-0.25, -0.2) is 0 Å². The van der Waals surface area contributed by atoms with Crippen LogP contribution in [-0.2, 0) is 19.2 Å². The maximum Gasteiger partial charge on any atom is 0.133 e. The monoisotopic (exact) mass is 228 g/mol. The van der Waals surface area contributed by atoms with Crippen LogP contribution in [0.2, 0.25) is 0 Å². The van der Waals surface area contributed by atoms with Gasteiger partial charge in [-0.2, -0.15) is 0 Å². The van der Waals surface area contributed by atoms with Crippen molar-refractivity contribution in [3.05, 3.63) is 0 Å². The first-order valence-electron chi connectivity index (χ1n) is 5.23. The lowest BCUT2D eigenvalue weighted by Crippen LogP contribution is -2.05. The zero-order chi connectivity index (χ0) is 13.1. The Morgan fingerprint density at radius 3 is 1.75 bits per heavy atom. The quantitative estimate of drug-likeness (QED) is 0.647. The lowest BCUT2D eigenvalue weighted by Gasteiger charge is -1.97. The molecule has 0 bridgehead atoms. The van der Waals surface area contributed by atoms with E-state index >= 15 is 0 Å². The van der Waals surface area contributed by atoms with E-state index in [2.05, 4.69) is 0 Å². The zero-order valence-corrected chi connectivity index (χ0v) is 10.4. The first-order valence-corrected chi connectivity index (χ1v) is 5.23. The topological polar surface area (TPSA) is 68.3 Å². The molecule has 0 saturated carbocycles. The van der Waals surface area contributed by atoms with Crippen LogP contribution in [0.1, 0.15) is 40.5 Å². The average molecular weight is 228 g/mol. The van der Waals surface area contributed by atoms with E-state index in [9.17, 15) is 19.2 Å². The van der Waals surface area contributed by atoms with Gasteiger partial charge in [0.2, 0.25) is 0 Å². The molecule has 0 N–H and O–H groups in total. The van der Waals surface area contributed by atoms with E-state index in [0.29, 0.717) is 12.8 Å². The molecule has 0 aromatic rings. The van der Waals surface area contributed by atoms with Crippen molar-refractivity contribution >= 4 is 24.1 Å². The van der Waals surface area contributed by atoms with Crippen molar-refractivity contribution in [2.24, 2.45) is 11.8 Å². The van der Waals surface area contributed by atoms with Crippen molar-refractivity contribution in [3.8, 4) is 0 Å². The maximum atomic E-state index is 10.4. The summed E-state index contributed by atoms with van der Waals surface area (Å²) in [5, 5.41) is 0. The Bertz CT molecular complexity index is 245. The van der Waals surface area contributed by atoms with Gasteiger partial charge < -0.3 is 14.4 Å². The lowest BCUT2D eigenvalue weighted by molar-refractivity contribution is -0.122. The highest BCUT2D eigenvalue weighted by Crippen LogP contribution is 1.98. The van der Waals surface area contributed by atoms with Gasteiger partial charge in [0.05, 0.1) is 0 Å². The number of Topliss-reactive ketones (excluding diaryl/α,β-unsaturated/α-hetero) is 2. The first kappa shape index (κ1) is 17.1. The largest absolute Gasteiger partial charge is 0.303 e. The first-order chi connectivity index (χ1) is 7.34. The molecule has 0 aliphatic rings. The zero-order valence-electron chi connectivity index (χ0n) is 10.4. The lowest BCUT2D eigenvalue weighted by atomic mass is 10.1. The fourth-order valence-corrected chi connectivity index (χ4v) is 0.812. The molecule has 0 amide bonds. The molecule has 0 saturated heterocycles. The summed E-state index contributed by atoms with van der Waals surface area (Å²) in [6.45, 7) is 6.46. The van der Waals surface area contributed by atoms with E-state index in [1.807, 2.05) is 0 Å². The van der Waals surface area contributed by atoms with Crippen molar-refractivity contribution in [2.45, 2.75) is 40.5 Å². The molecule has 92 valence electrons. The van der Waals surface area contributed by atoms with Crippen LogP contribution in [0.25, 0.3) is 0 Å². The van der Waals surface area contributed by atoms with E-state index in [1.165, 1.54) is 13.8 Å². The molecule has 0 aliphatic carbocycles. The molecular weight excluding hydrogens is 208 g/mol. The smallest absolute Gasteiger partial charge is 0.133 e. The highest BCUT2D eigenvalue weighted by Gasteiger charge is 2.04. The second-order valence-corrected chi connectivity index (χ2v) is 3.93. The van der Waals surface area contributed by atoms with Crippen molar-refractivity contribution < 1.29 is 19.2 Å². The molecule has 0 fully saturated rings. The number of carbonyl (C=O) groups is 4. The number of ketones is 2. The Labute approximate surface area is 96.4 Å². The van der Waals surface area contributed by atoms with Gasteiger partial charge >= 0.3 is 0 Å².